The summed E-state index contributed by atoms with van der Waals surface area (Å²) in [4.78, 5) is 0. The number of ether oxygens (including phenoxy) is 2. The zero-order valence-electron chi connectivity index (χ0n) is 16.7. The lowest BCUT2D eigenvalue weighted by Crippen LogP contribution is -2.21. The van der Waals surface area contributed by atoms with Crippen LogP contribution >= 0.6 is 0 Å². The Bertz CT molecular complexity index is 1070. The number of alkyl halides is 2. The van der Waals surface area contributed by atoms with E-state index >= 15 is 0 Å². The summed E-state index contributed by atoms with van der Waals surface area (Å²) in [6, 6.07) is 15.4. The number of aryl methyl sites for hydroxylation is 1. The van der Waals surface area contributed by atoms with Crippen LogP contribution in [0.15, 0.2) is 60.7 Å². The van der Waals surface area contributed by atoms with Crippen molar-refractivity contribution in [3.63, 3.8) is 0 Å². The first-order valence-corrected chi connectivity index (χ1v) is 9.60. The van der Waals surface area contributed by atoms with Crippen molar-refractivity contribution in [2.24, 2.45) is 0 Å². The summed E-state index contributed by atoms with van der Waals surface area (Å²) in [6.07, 6.45) is -1.77. The molecule has 0 amide bonds. The highest BCUT2D eigenvalue weighted by Gasteiger charge is 2.34. The molecular formula is C24H19F4NO2. The predicted molar refractivity (Wildman–Crippen MR) is 107 cm³/mol. The molecule has 160 valence electrons. The summed E-state index contributed by atoms with van der Waals surface area (Å²) in [6.45, 7) is 1.89. The molecule has 0 saturated carbocycles. The molecule has 0 bridgehead atoms. The van der Waals surface area contributed by atoms with Gasteiger partial charge in [0.1, 0.15) is 18.4 Å². The van der Waals surface area contributed by atoms with E-state index in [4.69, 9.17) is 14.7 Å². The van der Waals surface area contributed by atoms with Crippen LogP contribution in [0.4, 0.5) is 17.6 Å². The number of rotatable bonds is 8. The number of hydrogen-bond acceptors (Lipinski definition) is 3. The molecule has 31 heavy (non-hydrogen) atoms. The lowest BCUT2D eigenvalue weighted by molar-refractivity contribution is -0.185. The van der Waals surface area contributed by atoms with Gasteiger partial charge in [0.25, 0.3) is 0 Å². The van der Waals surface area contributed by atoms with Gasteiger partial charge in [-0.15, -0.1) is 0 Å². The molecular weight excluding hydrogens is 410 g/mol. The van der Waals surface area contributed by atoms with Crippen molar-refractivity contribution >= 4 is 0 Å². The fourth-order valence-electron chi connectivity index (χ4n) is 2.91. The Kier molecular flexibility index (Phi) is 6.81. The van der Waals surface area contributed by atoms with E-state index in [-0.39, 0.29) is 23.7 Å². The molecule has 0 unspecified atom stereocenters. The maximum Gasteiger partial charge on any atom is 0.426 e. The standard InChI is InChI=1S/C24H19F4NO2/c1-2-3-16-4-9-19(10-5-16)24(27,28)31-20-11-6-17(7-12-20)15-30-21-13-8-18(14-29)22(25)23(21)26/h4-13H,2-3,15H2,1H3. The van der Waals surface area contributed by atoms with Gasteiger partial charge in [0, 0.05) is 0 Å². The molecule has 0 saturated heterocycles. The summed E-state index contributed by atoms with van der Waals surface area (Å²) in [7, 11) is 0. The molecule has 0 aliphatic heterocycles. The normalized spacial score (nSPS) is 11.1. The minimum Gasteiger partial charge on any atom is -0.486 e. The van der Waals surface area contributed by atoms with Crippen molar-refractivity contribution in [2.45, 2.75) is 32.5 Å². The molecule has 3 aromatic carbocycles. The SMILES string of the molecule is CCCc1ccc(C(F)(F)Oc2ccc(COc3ccc(C#N)c(F)c3F)cc2)cc1. The van der Waals surface area contributed by atoms with Gasteiger partial charge in [0.05, 0.1) is 11.1 Å². The number of benzene rings is 3. The molecule has 0 aliphatic rings. The van der Waals surface area contributed by atoms with E-state index in [9.17, 15) is 17.6 Å². The van der Waals surface area contributed by atoms with E-state index in [1.807, 2.05) is 6.92 Å². The molecule has 3 nitrogen and oxygen atoms in total. The molecule has 3 rings (SSSR count). The van der Waals surface area contributed by atoms with Crippen molar-refractivity contribution in [2.75, 3.05) is 0 Å². The summed E-state index contributed by atoms with van der Waals surface area (Å²) in [5, 5.41) is 8.69. The third-order valence-electron chi connectivity index (χ3n) is 4.56. The smallest absolute Gasteiger partial charge is 0.426 e. The fourth-order valence-corrected chi connectivity index (χ4v) is 2.91. The van der Waals surface area contributed by atoms with Crippen LogP contribution in [0, 0.1) is 23.0 Å². The summed E-state index contributed by atoms with van der Waals surface area (Å²) >= 11 is 0. The second kappa shape index (κ2) is 9.52. The van der Waals surface area contributed by atoms with Crippen molar-refractivity contribution in [3.8, 4) is 17.6 Å². The van der Waals surface area contributed by atoms with Crippen LogP contribution in [0.1, 0.15) is 35.6 Å². The van der Waals surface area contributed by atoms with Gasteiger partial charge in [0.15, 0.2) is 11.6 Å². The molecule has 0 aliphatic carbocycles. The van der Waals surface area contributed by atoms with Gasteiger partial charge in [0.2, 0.25) is 5.82 Å². The molecule has 0 spiro atoms. The molecule has 0 N–H and O–H groups in total. The Hall–Kier alpha value is -3.53. The zero-order valence-corrected chi connectivity index (χ0v) is 16.7. The quantitative estimate of drug-likeness (QED) is 0.384. The van der Waals surface area contributed by atoms with Crippen LogP contribution in [0.3, 0.4) is 0 Å². The average Bonchev–Trinajstić information content (AvgIpc) is 2.76. The first-order valence-electron chi connectivity index (χ1n) is 9.60. The summed E-state index contributed by atoms with van der Waals surface area (Å²) in [5.41, 5.74) is 0.833. The van der Waals surface area contributed by atoms with Gasteiger partial charge >= 0.3 is 6.11 Å². The zero-order chi connectivity index (χ0) is 22.4. The van der Waals surface area contributed by atoms with Crippen LogP contribution in [0.25, 0.3) is 0 Å². The predicted octanol–water partition coefficient (Wildman–Crippen LogP) is 6.50. The maximum atomic E-state index is 14.4. The highest BCUT2D eigenvalue weighted by atomic mass is 19.3. The fraction of sp³-hybridized carbons (Fsp3) is 0.208. The number of nitrogens with zero attached hydrogens (tertiary/aromatic N) is 1. The monoisotopic (exact) mass is 429 g/mol. The first-order chi connectivity index (χ1) is 14.8. The Morgan fingerprint density at radius 1 is 0.871 bits per heavy atom. The summed E-state index contributed by atoms with van der Waals surface area (Å²) < 4.78 is 66.4. The van der Waals surface area contributed by atoms with Gasteiger partial charge in [-0.2, -0.15) is 18.4 Å². The highest BCUT2D eigenvalue weighted by Crippen LogP contribution is 2.32. The van der Waals surface area contributed by atoms with E-state index < -0.39 is 23.3 Å². The molecule has 0 fully saturated rings. The Morgan fingerprint density at radius 3 is 2.13 bits per heavy atom. The third-order valence-corrected chi connectivity index (χ3v) is 4.56. The molecule has 0 atom stereocenters. The summed E-state index contributed by atoms with van der Waals surface area (Å²) in [5.74, 6) is -2.95. The number of hydrogen-bond donors (Lipinski definition) is 0. The molecule has 0 heterocycles. The van der Waals surface area contributed by atoms with E-state index in [0.717, 1.165) is 30.5 Å². The molecule has 3 aromatic rings. The van der Waals surface area contributed by atoms with Crippen LogP contribution in [-0.4, -0.2) is 0 Å². The van der Waals surface area contributed by atoms with Crippen molar-refractivity contribution in [3.05, 3.63) is 94.6 Å². The largest absolute Gasteiger partial charge is 0.486 e. The lowest BCUT2D eigenvalue weighted by atomic mass is 10.1. The minimum absolute atomic E-state index is 0.0537. The first kappa shape index (κ1) is 22.2. The van der Waals surface area contributed by atoms with Gasteiger partial charge in [-0.1, -0.05) is 37.6 Å². The number of nitriles is 1. The maximum absolute atomic E-state index is 14.4. The molecule has 0 aromatic heterocycles. The number of halogens is 4. The van der Waals surface area contributed by atoms with Crippen LogP contribution < -0.4 is 9.47 Å². The average molecular weight is 429 g/mol. The Morgan fingerprint density at radius 2 is 1.52 bits per heavy atom. The van der Waals surface area contributed by atoms with E-state index in [0.29, 0.717) is 5.56 Å². The van der Waals surface area contributed by atoms with E-state index in [1.54, 1.807) is 12.1 Å². The molecule has 0 radical (unpaired) electrons. The van der Waals surface area contributed by atoms with E-state index in [1.165, 1.54) is 42.5 Å². The second-order valence-electron chi connectivity index (χ2n) is 6.85. The third kappa shape index (κ3) is 5.34. The van der Waals surface area contributed by atoms with Crippen LogP contribution in [0.5, 0.6) is 11.5 Å². The topological polar surface area (TPSA) is 42.2 Å². The lowest BCUT2D eigenvalue weighted by Gasteiger charge is -2.19. The van der Waals surface area contributed by atoms with E-state index in [2.05, 4.69) is 0 Å². The minimum atomic E-state index is -3.51. The van der Waals surface area contributed by atoms with Crippen molar-refractivity contribution in [1.29, 1.82) is 5.26 Å². The van der Waals surface area contributed by atoms with Gasteiger partial charge in [-0.25, -0.2) is 4.39 Å². The van der Waals surface area contributed by atoms with Crippen molar-refractivity contribution in [1.82, 2.24) is 0 Å². The highest BCUT2D eigenvalue weighted by molar-refractivity contribution is 5.38. The Balaban J connectivity index is 1.63. The van der Waals surface area contributed by atoms with Gasteiger partial charge in [-0.3, -0.25) is 0 Å². The van der Waals surface area contributed by atoms with Crippen molar-refractivity contribution < 1.29 is 27.0 Å². The van der Waals surface area contributed by atoms with Crippen LogP contribution in [-0.2, 0) is 19.1 Å². The van der Waals surface area contributed by atoms with Crippen LogP contribution in [0.2, 0.25) is 0 Å². The molecule has 7 heteroatoms. The second-order valence-corrected chi connectivity index (χ2v) is 6.85. The van der Waals surface area contributed by atoms with Gasteiger partial charge in [-0.05, 0) is 53.9 Å². The Labute approximate surface area is 177 Å². The van der Waals surface area contributed by atoms with Gasteiger partial charge < -0.3 is 9.47 Å².